The van der Waals surface area contributed by atoms with Gasteiger partial charge in [-0.3, -0.25) is 4.90 Å². The molecule has 4 atom stereocenters. The predicted molar refractivity (Wildman–Crippen MR) is 149 cm³/mol. The molecule has 2 aliphatic heterocycles. The minimum absolute atomic E-state index is 0.249. The zero-order valence-electron chi connectivity index (χ0n) is 21.7. The van der Waals surface area contributed by atoms with E-state index in [-0.39, 0.29) is 5.92 Å². The van der Waals surface area contributed by atoms with Crippen molar-refractivity contribution in [2.45, 2.75) is 67.6 Å². The van der Waals surface area contributed by atoms with Crippen LogP contribution in [0.5, 0.6) is 0 Å². The molecule has 38 heavy (non-hydrogen) atoms. The van der Waals surface area contributed by atoms with E-state index in [1.54, 1.807) is 24.3 Å². The van der Waals surface area contributed by atoms with Crippen molar-refractivity contribution in [2.75, 3.05) is 6.54 Å². The Morgan fingerprint density at radius 2 is 1.50 bits per heavy atom. The van der Waals surface area contributed by atoms with Gasteiger partial charge in [-0.15, -0.1) is 0 Å². The number of piperidine rings is 1. The van der Waals surface area contributed by atoms with Crippen molar-refractivity contribution < 1.29 is 8.42 Å². The van der Waals surface area contributed by atoms with Gasteiger partial charge in [0, 0.05) is 24.7 Å². The molecule has 0 radical (unpaired) electrons. The van der Waals surface area contributed by atoms with E-state index in [4.69, 9.17) is 4.98 Å². The third kappa shape index (κ3) is 3.99. The number of aryl methyl sites for hydroxylation is 1. The second-order valence-corrected chi connectivity index (χ2v) is 13.1. The highest BCUT2D eigenvalue weighted by Crippen LogP contribution is 2.55. The second-order valence-electron chi connectivity index (χ2n) is 11.4. The van der Waals surface area contributed by atoms with Crippen LogP contribution in [-0.2, 0) is 15.6 Å². The average Bonchev–Trinajstić information content (AvgIpc) is 3.42. The van der Waals surface area contributed by atoms with Gasteiger partial charge in [-0.2, -0.15) is 0 Å². The van der Waals surface area contributed by atoms with Crippen molar-refractivity contribution >= 4 is 21.1 Å². The smallest absolute Gasteiger partial charge is 0.241 e. The first-order valence-corrected chi connectivity index (χ1v) is 15.3. The number of benzene rings is 3. The quantitative estimate of drug-likeness (QED) is 0.350. The fourth-order valence-corrected chi connectivity index (χ4v) is 8.84. The van der Waals surface area contributed by atoms with Crippen LogP contribution in [0.25, 0.3) is 11.0 Å². The second kappa shape index (κ2) is 9.04. The van der Waals surface area contributed by atoms with Gasteiger partial charge in [0.1, 0.15) is 5.82 Å². The lowest BCUT2D eigenvalue weighted by Crippen LogP contribution is -2.46. The van der Waals surface area contributed by atoms with Crippen LogP contribution >= 0.6 is 0 Å². The Hall–Kier alpha value is -3.00. The fraction of sp³-hybridized carbons (Fsp3) is 0.387. The van der Waals surface area contributed by atoms with Crippen LogP contribution in [0.2, 0.25) is 0 Å². The molecule has 4 aromatic rings. The third-order valence-corrected chi connectivity index (χ3v) is 10.7. The molecule has 1 aliphatic carbocycles. The van der Waals surface area contributed by atoms with Gasteiger partial charge in [-0.25, -0.2) is 18.1 Å². The molecule has 2 bridgehead atoms. The van der Waals surface area contributed by atoms with E-state index >= 15 is 0 Å². The van der Waals surface area contributed by atoms with Gasteiger partial charge in [0.15, 0.2) is 0 Å². The molecule has 0 spiro atoms. The SMILES string of the molecule is Cc1nc2ccccc2n1C1CC2CCC(C1)N2C[C@@H]1C[C@@]1(NS(=O)(=O)c1ccccc1)c1ccccc1. The molecule has 2 saturated heterocycles. The molecular weight excluding hydrogens is 492 g/mol. The summed E-state index contributed by atoms with van der Waals surface area (Å²) >= 11 is 0. The number of nitrogens with one attached hydrogen (secondary N) is 1. The van der Waals surface area contributed by atoms with E-state index in [2.05, 4.69) is 57.5 Å². The van der Waals surface area contributed by atoms with Gasteiger partial charge in [0.05, 0.1) is 21.5 Å². The van der Waals surface area contributed by atoms with Gasteiger partial charge in [-0.05, 0) is 74.8 Å². The van der Waals surface area contributed by atoms with Crippen molar-refractivity contribution in [3.8, 4) is 0 Å². The van der Waals surface area contributed by atoms with Gasteiger partial charge in [0.25, 0.3) is 0 Å². The third-order valence-electron chi connectivity index (χ3n) is 9.19. The number of sulfonamides is 1. The summed E-state index contributed by atoms with van der Waals surface area (Å²) in [5.41, 5.74) is 2.83. The molecule has 196 valence electrons. The van der Waals surface area contributed by atoms with Crippen molar-refractivity contribution in [3.05, 3.63) is 96.3 Å². The highest BCUT2D eigenvalue weighted by Gasteiger charge is 2.59. The van der Waals surface area contributed by atoms with Gasteiger partial charge < -0.3 is 4.57 Å². The number of nitrogens with zero attached hydrogens (tertiary/aromatic N) is 3. The Labute approximate surface area is 224 Å². The molecule has 6 nitrogen and oxygen atoms in total. The molecule has 2 unspecified atom stereocenters. The Bertz CT molecular complexity index is 1560. The zero-order chi connectivity index (χ0) is 25.9. The van der Waals surface area contributed by atoms with Crippen molar-refractivity contribution in [1.82, 2.24) is 19.2 Å². The summed E-state index contributed by atoms with van der Waals surface area (Å²) in [4.78, 5) is 7.86. The van der Waals surface area contributed by atoms with Crippen LogP contribution in [0, 0.1) is 12.8 Å². The van der Waals surface area contributed by atoms with E-state index in [0.29, 0.717) is 23.0 Å². The van der Waals surface area contributed by atoms with E-state index in [0.717, 1.165) is 42.7 Å². The molecule has 3 aliphatic rings. The summed E-state index contributed by atoms with van der Waals surface area (Å²) < 4.78 is 32.5. The molecule has 1 N–H and O–H groups in total. The van der Waals surface area contributed by atoms with Crippen LogP contribution in [0.1, 0.15) is 49.5 Å². The molecule has 3 heterocycles. The predicted octanol–water partition coefficient (Wildman–Crippen LogP) is 5.41. The summed E-state index contributed by atoms with van der Waals surface area (Å²) in [5.74, 6) is 1.35. The molecule has 3 fully saturated rings. The van der Waals surface area contributed by atoms with Crippen LogP contribution in [0.3, 0.4) is 0 Å². The van der Waals surface area contributed by atoms with E-state index in [1.165, 1.54) is 18.4 Å². The topological polar surface area (TPSA) is 67.2 Å². The Kier molecular flexibility index (Phi) is 5.73. The van der Waals surface area contributed by atoms with Crippen molar-refractivity contribution in [1.29, 1.82) is 0 Å². The number of fused-ring (bicyclic) bond motifs is 3. The summed E-state index contributed by atoms with van der Waals surface area (Å²) in [6.45, 7) is 3.06. The number of hydrogen-bond donors (Lipinski definition) is 1. The fourth-order valence-electron chi connectivity index (χ4n) is 7.36. The lowest BCUT2D eigenvalue weighted by Gasteiger charge is -2.40. The minimum Gasteiger partial charge on any atom is -0.325 e. The standard InChI is InChI=1S/C31H34N4O2S/c1-22-32-29-14-8-9-15-30(29)35(22)27-18-25-16-17-26(19-27)34(25)21-24-20-31(24,23-10-4-2-5-11-23)33-38(36,37)28-12-6-3-7-13-28/h2-15,24-27,33H,16-21H2,1H3/t24-,25?,26?,27?,31+/m0/s1. The average molecular weight is 527 g/mol. The molecular formula is C31H34N4O2S. The molecule has 1 aromatic heterocycles. The van der Waals surface area contributed by atoms with E-state index in [9.17, 15) is 8.42 Å². The molecule has 7 heteroatoms. The van der Waals surface area contributed by atoms with Crippen molar-refractivity contribution in [3.63, 3.8) is 0 Å². The Morgan fingerprint density at radius 1 is 0.868 bits per heavy atom. The number of imidazole rings is 1. The number of hydrogen-bond acceptors (Lipinski definition) is 4. The monoisotopic (exact) mass is 526 g/mol. The van der Waals surface area contributed by atoms with Crippen molar-refractivity contribution in [2.24, 2.45) is 5.92 Å². The zero-order valence-corrected chi connectivity index (χ0v) is 22.5. The van der Waals surface area contributed by atoms with Gasteiger partial charge in [-0.1, -0.05) is 60.7 Å². The van der Waals surface area contributed by atoms with Crippen LogP contribution in [0.15, 0.2) is 89.8 Å². The Balaban J connectivity index is 1.13. The lowest BCUT2D eigenvalue weighted by molar-refractivity contribution is 0.0991. The molecule has 0 amide bonds. The maximum Gasteiger partial charge on any atom is 0.241 e. The highest BCUT2D eigenvalue weighted by atomic mass is 32.2. The summed E-state index contributed by atoms with van der Waals surface area (Å²) in [6, 6.07) is 28.9. The number of aromatic nitrogens is 2. The summed E-state index contributed by atoms with van der Waals surface area (Å²) in [5, 5.41) is 0. The Morgan fingerprint density at radius 3 is 2.21 bits per heavy atom. The van der Waals surface area contributed by atoms with Crippen LogP contribution in [-0.4, -0.2) is 41.5 Å². The van der Waals surface area contributed by atoms with Gasteiger partial charge >= 0.3 is 0 Å². The van der Waals surface area contributed by atoms with Gasteiger partial charge in [0.2, 0.25) is 10.0 Å². The molecule has 7 rings (SSSR count). The first kappa shape index (κ1) is 24.1. The minimum atomic E-state index is -3.63. The summed E-state index contributed by atoms with van der Waals surface area (Å²) in [6.07, 6.45) is 5.51. The van der Waals surface area contributed by atoms with Crippen LogP contribution in [0.4, 0.5) is 0 Å². The number of rotatable bonds is 7. The maximum atomic E-state index is 13.4. The largest absolute Gasteiger partial charge is 0.325 e. The molecule has 1 saturated carbocycles. The normalized spacial score (nSPS) is 29.1. The molecule has 3 aromatic carbocycles. The highest BCUT2D eigenvalue weighted by molar-refractivity contribution is 7.89. The van der Waals surface area contributed by atoms with Crippen LogP contribution < -0.4 is 4.72 Å². The summed E-state index contributed by atoms with van der Waals surface area (Å²) in [7, 11) is -3.63. The lowest BCUT2D eigenvalue weighted by atomic mass is 9.95. The van der Waals surface area contributed by atoms with E-state index in [1.807, 2.05) is 24.3 Å². The maximum absolute atomic E-state index is 13.4. The first-order valence-electron chi connectivity index (χ1n) is 13.8. The number of para-hydroxylation sites is 2. The first-order chi connectivity index (χ1) is 18.4. The van der Waals surface area contributed by atoms with E-state index < -0.39 is 15.6 Å².